The first-order chi connectivity index (χ1) is 8.39. The summed E-state index contributed by atoms with van der Waals surface area (Å²) in [5.41, 5.74) is 0. The third-order valence-corrected chi connectivity index (χ3v) is 3.34. The van der Waals surface area contributed by atoms with Crippen molar-refractivity contribution >= 4 is 0 Å². The summed E-state index contributed by atoms with van der Waals surface area (Å²) in [5.74, 6) is -0.480. The van der Waals surface area contributed by atoms with Gasteiger partial charge in [0.15, 0.2) is 5.79 Å². The molecule has 1 N–H and O–H groups in total. The number of alkyl halides is 3. The van der Waals surface area contributed by atoms with Gasteiger partial charge in [-0.05, 0) is 19.8 Å². The van der Waals surface area contributed by atoms with Gasteiger partial charge in [-0.15, -0.1) is 13.2 Å². The van der Waals surface area contributed by atoms with Crippen LogP contribution in [-0.4, -0.2) is 37.6 Å². The quantitative estimate of drug-likeness (QED) is 0.797. The summed E-state index contributed by atoms with van der Waals surface area (Å²) in [6.45, 7) is 2.57. The second-order valence-corrected chi connectivity index (χ2v) is 4.75. The zero-order chi connectivity index (χ0) is 13.2. The molecule has 0 aromatic heterocycles. The van der Waals surface area contributed by atoms with Crippen molar-refractivity contribution in [3.05, 3.63) is 0 Å². The largest absolute Gasteiger partial charge is 0.523 e. The Morgan fingerprint density at radius 2 is 1.78 bits per heavy atom. The Hall–Kier alpha value is -0.370. The molecule has 1 saturated heterocycles. The molecular formula is C11H18F3NO3. The second kappa shape index (κ2) is 5.32. The number of nitrogens with one attached hydrogen (secondary N) is 1. The van der Waals surface area contributed by atoms with Crippen molar-refractivity contribution in [2.75, 3.05) is 13.2 Å². The van der Waals surface area contributed by atoms with Crippen LogP contribution in [0.15, 0.2) is 0 Å². The van der Waals surface area contributed by atoms with Crippen LogP contribution in [0.3, 0.4) is 0 Å². The molecule has 7 heteroatoms. The molecule has 0 aromatic rings. The van der Waals surface area contributed by atoms with Crippen LogP contribution in [0.25, 0.3) is 0 Å². The number of ether oxygens (including phenoxy) is 3. The molecule has 2 rings (SSSR count). The second-order valence-electron chi connectivity index (χ2n) is 4.75. The summed E-state index contributed by atoms with van der Waals surface area (Å²) in [5, 5.41) is 2.83. The number of halogens is 3. The predicted molar refractivity (Wildman–Crippen MR) is 56.6 cm³/mol. The van der Waals surface area contributed by atoms with Crippen LogP contribution in [-0.2, 0) is 14.2 Å². The Morgan fingerprint density at radius 3 is 2.28 bits per heavy atom. The first-order valence-electron chi connectivity index (χ1n) is 6.17. The number of hydrogen-bond donors (Lipinski definition) is 1. The van der Waals surface area contributed by atoms with Crippen molar-refractivity contribution in [2.24, 2.45) is 0 Å². The van der Waals surface area contributed by atoms with Crippen molar-refractivity contribution in [3.8, 4) is 0 Å². The van der Waals surface area contributed by atoms with Gasteiger partial charge in [-0.1, -0.05) is 0 Å². The third-order valence-electron chi connectivity index (χ3n) is 3.34. The highest BCUT2D eigenvalue weighted by Gasteiger charge is 2.41. The molecule has 1 aliphatic heterocycles. The highest BCUT2D eigenvalue weighted by Crippen LogP contribution is 2.35. The van der Waals surface area contributed by atoms with Gasteiger partial charge in [-0.3, -0.25) is 10.1 Å². The van der Waals surface area contributed by atoms with E-state index in [1.807, 2.05) is 0 Å². The van der Waals surface area contributed by atoms with E-state index in [9.17, 15) is 13.2 Å². The lowest BCUT2D eigenvalue weighted by molar-refractivity contribution is -0.345. The SMILES string of the molecule is CC(NC1CCC2(CC1)OCCO2)OC(F)(F)F. The van der Waals surface area contributed by atoms with Crippen LogP contribution in [0.2, 0.25) is 0 Å². The summed E-state index contributed by atoms with van der Waals surface area (Å²) >= 11 is 0. The molecule has 106 valence electrons. The Labute approximate surface area is 104 Å². The lowest BCUT2D eigenvalue weighted by Gasteiger charge is -2.36. The molecule has 1 aliphatic carbocycles. The summed E-state index contributed by atoms with van der Waals surface area (Å²) in [4.78, 5) is 0. The van der Waals surface area contributed by atoms with Crippen LogP contribution >= 0.6 is 0 Å². The van der Waals surface area contributed by atoms with Gasteiger partial charge < -0.3 is 9.47 Å². The molecule has 1 heterocycles. The van der Waals surface area contributed by atoms with E-state index < -0.39 is 18.4 Å². The van der Waals surface area contributed by atoms with E-state index in [2.05, 4.69) is 10.1 Å². The van der Waals surface area contributed by atoms with Gasteiger partial charge in [-0.2, -0.15) is 0 Å². The fourth-order valence-electron chi connectivity index (χ4n) is 2.58. The monoisotopic (exact) mass is 269 g/mol. The fourth-order valence-corrected chi connectivity index (χ4v) is 2.58. The van der Waals surface area contributed by atoms with E-state index >= 15 is 0 Å². The average molecular weight is 269 g/mol. The smallest absolute Gasteiger partial charge is 0.348 e. The topological polar surface area (TPSA) is 39.7 Å². The minimum atomic E-state index is -4.60. The zero-order valence-electron chi connectivity index (χ0n) is 10.3. The Bertz CT molecular complexity index is 269. The molecule has 1 atom stereocenters. The maximum Gasteiger partial charge on any atom is 0.523 e. The highest BCUT2D eigenvalue weighted by atomic mass is 19.4. The summed E-state index contributed by atoms with van der Waals surface area (Å²) < 4.78 is 51.0. The molecule has 0 aromatic carbocycles. The van der Waals surface area contributed by atoms with Crippen LogP contribution < -0.4 is 5.32 Å². The van der Waals surface area contributed by atoms with Crippen LogP contribution in [0.4, 0.5) is 13.2 Å². The zero-order valence-corrected chi connectivity index (χ0v) is 10.3. The first kappa shape index (κ1) is 14.0. The van der Waals surface area contributed by atoms with Crippen molar-refractivity contribution in [1.82, 2.24) is 5.32 Å². The molecule has 0 amide bonds. The van der Waals surface area contributed by atoms with Crippen LogP contribution in [0, 0.1) is 0 Å². The van der Waals surface area contributed by atoms with E-state index in [1.165, 1.54) is 6.92 Å². The van der Waals surface area contributed by atoms with E-state index in [0.29, 0.717) is 26.1 Å². The van der Waals surface area contributed by atoms with E-state index in [4.69, 9.17) is 9.47 Å². The Kier molecular flexibility index (Phi) is 4.15. The van der Waals surface area contributed by atoms with Crippen LogP contribution in [0.1, 0.15) is 32.6 Å². The molecule has 1 saturated carbocycles. The van der Waals surface area contributed by atoms with E-state index in [1.54, 1.807) is 0 Å². The van der Waals surface area contributed by atoms with Crippen molar-refractivity contribution in [1.29, 1.82) is 0 Å². The molecule has 1 spiro atoms. The fraction of sp³-hybridized carbons (Fsp3) is 1.00. The van der Waals surface area contributed by atoms with E-state index in [-0.39, 0.29) is 6.04 Å². The lowest BCUT2D eigenvalue weighted by atomic mass is 9.90. The molecule has 0 bridgehead atoms. The molecule has 1 unspecified atom stereocenters. The Morgan fingerprint density at radius 1 is 1.22 bits per heavy atom. The van der Waals surface area contributed by atoms with Gasteiger partial charge in [0, 0.05) is 18.9 Å². The number of rotatable bonds is 3. The van der Waals surface area contributed by atoms with Crippen LogP contribution in [0.5, 0.6) is 0 Å². The number of hydrogen-bond acceptors (Lipinski definition) is 4. The molecule has 18 heavy (non-hydrogen) atoms. The molecule has 4 nitrogen and oxygen atoms in total. The van der Waals surface area contributed by atoms with Crippen molar-refractivity contribution in [2.45, 2.75) is 57.0 Å². The lowest BCUT2D eigenvalue weighted by Crippen LogP contribution is -2.46. The van der Waals surface area contributed by atoms with Gasteiger partial charge >= 0.3 is 6.36 Å². The van der Waals surface area contributed by atoms with Crippen molar-refractivity contribution < 1.29 is 27.4 Å². The van der Waals surface area contributed by atoms with Gasteiger partial charge in [0.05, 0.1) is 13.2 Å². The van der Waals surface area contributed by atoms with E-state index in [0.717, 1.165) is 12.8 Å². The van der Waals surface area contributed by atoms with Crippen molar-refractivity contribution in [3.63, 3.8) is 0 Å². The normalized spacial score (nSPS) is 26.7. The molecule has 2 fully saturated rings. The summed E-state index contributed by atoms with van der Waals surface area (Å²) in [6.07, 6.45) is -2.75. The molecular weight excluding hydrogens is 251 g/mol. The molecule has 2 aliphatic rings. The first-order valence-corrected chi connectivity index (χ1v) is 6.17. The van der Waals surface area contributed by atoms with Gasteiger partial charge in [0.25, 0.3) is 0 Å². The molecule has 0 radical (unpaired) electrons. The van der Waals surface area contributed by atoms with Gasteiger partial charge in [-0.25, -0.2) is 0 Å². The summed E-state index contributed by atoms with van der Waals surface area (Å²) in [7, 11) is 0. The van der Waals surface area contributed by atoms with Gasteiger partial charge in [0.2, 0.25) is 0 Å². The predicted octanol–water partition coefficient (Wildman–Crippen LogP) is 2.14. The maximum absolute atomic E-state index is 12.0. The minimum absolute atomic E-state index is 0.0146. The maximum atomic E-state index is 12.0. The minimum Gasteiger partial charge on any atom is -0.348 e. The Balaban J connectivity index is 1.73. The third kappa shape index (κ3) is 3.81. The highest BCUT2D eigenvalue weighted by molar-refractivity contribution is 4.85. The average Bonchev–Trinajstić information content (AvgIpc) is 2.68. The summed E-state index contributed by atoms with van der Waals surface area (Å²) in [6, 6.07) is 0.0146. The van der Waals surface area contributed by atoms with Gasteiger partial charge in [0.1, 0.15) is 6.23 Å². The standard InChI is InChI=1S/C11H18F3NO3/c1-8(18-11(12,13)14)15-9-2-4-10(5-3-9)16-6-7-17-10/h8-9,15H,2-7H2,1H3.